The van der Waals surface area contributed by atoms with Crippen molar-refractivity contribution < 1.29 is 24.8 Å². The number of alkyl halides is 1. The second kappa shape index (κ2) is 4.86. The maximum Gasteiger partial charge on any atom is 0.278 e. The lowest BCUT2D eigenvalue weighted by atomic mass is 10.1. The van der Waals surface area contributed by atoms with Crippen molar-refractivity contribution in [3.63, 3.8) is 0 Å². The number of hydrogen-bond acceptors (Lipinski definition) is 9. The minimum atomic E-state index is -1.41. The van der Waals surface area contributed by atoms with Crippen LogP contribution in [-0.4, -0.2) is 75.9 Å². The zero-order valence-electron chi connectivity index (χ0n) is 10.00. The summed E-state index contributed by atoms with van der Waals surface area (Å²) in [7, 11) is 0. The van der Waals surface area contributed by atoms with Gasteiger partial charge in [-0.25, -0.2) is 20.0 Å². The number of nitrogens with zero attached hydrogens (tertiary/aromatic N) is 4. The molecule has 1 saturated heterocycles. The van der Waals surface area contributed by atoms with Gasteiger partial charge in [-0.15, -0.1) is 0 Å². The fourth-order valence-electron chi connectivity index (χ4n) is 1.97. The largest absolute Gasteiger partial charge is 0.443 e. The van der Waals surface area contributed by atoms with E-state index < -0.39 is 36.3 Å². The average molecular weight is 303 g/mol. The fourth-order valence-corrected chi connectivity index (χ4v) is 2.19. The molecule has 3 rings (SSSR count). The molecule has 0 aromatic carbocycles. The van der Waals surface area contributed by atoms with E-state index in [2.05, 4.69) is 20.0 Å². The van der Waals surface area contributed by atoms with Crippen LogP contribution in [0, 0.1) is 0 Å². The Kier molecular flexibility index (Phi) is 3.30. The van der Waals surface area contributed by atoms with Crippen LogP contribution < -0.4 is 0 Å². The molecule has 108 valence electrons. The summed E-state index contributed by atoms with van der Waals surface area (Å²) < 4.78 is 10.5. The number of aliphatic hydroxyl groups is 3. The van der Waals surface area contributed by atoms with Crippen LogP contribution in [0.5, 0.6) is 0 Å². The number of rotatable bonds is 2. The first kappa shape index (κ1) is 13.6. The summed E-state index contributed by atoms with van der Waals surface area (Å²) in [5.74, 6) is -0.0117. The SMILES string of the molecule is OC[C@H]1OC(OC2=NC=NC3(Cl)N=CN=C23)[C@H](O)[C@@H]1O. The Labute approximate surface area is 118 Å². The van der Waals surface area contributed by atoms with Crippen molar-refractivity contribution in [2.75, 3.05) is 6.61 Å². The normalized spacial score (nSPS) is 42.4. The third-order valence-electron chi connectivity index (χ3n) is 3.05. The van der Waals surface area contributed by atoms with E-state index in [-0.39, 0.29) is 11.6 Å². The molecule has 2 unspecified atom stereocenters. The molecule has 0 amide bonds. The third kappa shape index (κ3) is 2.03. The lowest BCUT2D eigenvalue weighted by Gasteiger charge is -2.23. The van der Waals surface area contributed by atoms with E-state index in [1.54, 1.807) is 0 Å². The molecule has 0 radical (unpaired) electrons. The number of ether oxygens (including phenoxy) is 2. The molecule has 10 heteroatoms. The standard InChI is InChI=1S/C10H11ClN4O5/c11-10-7(12-2-14-10)8(13-3-15-10)20-9-6(18)5(17)4(1-16)19-9/h2-6,9,16-18H,1H2/t4-,5-,6-,9?,10?/m1/s1. The van der Waals surface area contributed by atoms with Gasteiger partial charge in [0.25, 0.3) is 5.12 Å². The molecule has 0 aromatic heterocycles. The Bertz CT molecular complexity index is 536. The summed E-state index contributed by atoms with van der Waals surface area (Å²) in [6, 6.07) is 0. The van der Waals surface area contributed by atoms with Crippen molar-refractivity contribution in [3.8, 4) is 0 Å². The molecule has 3 heterocycles. The first-order valence-corrected chi connectivity index (χ1v) is 6.15. The molecule has 20 heavy (non-hydrogen) atoms. The second-order valence-corrected chi connectivity index (χ2v) is 4.84. The van der Waals surface area contributed by atoms with Crippen LogP contribution in [0.4, 0.5) is 0 Å². The summed E-state index contributed by atoms with van der Waals surface area (Å²) >= 11 is 6.09. The topological polar surface area (TPSA) is 129 Å². The van der Waals surface area contributed by atoms with Gasteiger partial charge in [0.15, 0.2) is 5.71 Å². The Hall–Kier alpha value is -1.39. The van der Waals surface area contributed by atoms with Crippen LogP contribution in [-0.2, 0) is 9.47 Å². The van der Waals surface area contributed by atoms with Gasteiger partial charge >= 0.3 is 0 Å². The smallest absolute Gasteiger partial charge is 0.278 e. The molecular weight excluding hydrogens is 292 g/mol. The van der Waals surface area contributed by atoms with Crippen molar-refractivity contribution in [1.82, 2.24) is 0 Å². The fraction of sp³-hybridized carbons (Fsp3) is 0.600. The van der Waals surface area contributed by atoms with Gasteiger partial charge in [0, 0.05) is 0 Å². The van der Waals surface area contributed by atoms with E-state index in [0.717, 1.165) is 6.34 Å². The van der Waals surface area contributed by atoms with E-state index in [1.165, 1.54) is 6.34 Å². The highest BCUT2D eigenvalue weighted by molar-refractivity contribution is 6.56. The molecule has 5 atom stereocenters. The lowest BCUT2D eigenvalue weighted by molar-refractivity contribution is -0.122. The van der Waals surface area contributed by atoms with Crippen molar-refractivity contribution in [2.24, 2.45) is 20.0 Å². The van der Waals surface area contributed by atoms with Gasteiger partial charge in [-0.2, -0.15) is 0 Å². The van der Waals surface area contributed by atoms with Crippen LogP contribution in [0.25, 0.3) is 0 Å². The molecular formula is C10H11ClN4O5. The Morgan fingerprint density at radius 3 is 2.60 bits per heavy atom. The van der Waals surface area contributed by atoms with Gasteiger partial charge in [0.2, 0.25) is 12.2 Å². The molecule has 1 fully saturated rings. The summed E-state index contributed by atoms with van der Waals surface area (Å²) in [5.41, 5.74) is 0.166. The van der Waals surface area contributed by atoms with Crippen LogP contribution >= 0.6 is 11.6 Å². The Balaban J connectivity index is 1.76. The van der Waals surface area contributed by atoms with Gasteiger partial charge < -0.3 is 24.8 Å². The van der Waals surface area contributed by atoms with Gasteiger partial charge in [0.1, 0.15) is 31.0 Å². The number of aliphatic hydroxyl groups excluding tert-OH is 3. The third-order valence-corrected chi connectivity index (χ3v) is 3.42. The average Bonchev–Trinajstić information content (AvgIpc) is 2.94. The summed E-state index contributed by atoms with van der Waals surface area (Å²) in [4.78, 5) is 15.5. The van der Waals surface area contributed by atoms with E-state index in [4.69, 9.17) is 26.2 Å². The predicted octanol–water partition coefficient (Wildman–Crippen LogP) is -1.74. The van der Waals surface area contributed by atoms with E-state index in [0.29, 0.717) is 0 Å². The molecule has 0 saturated carbocycles. The maximum absolute atomic E-state index is 9.79. The number of aliphatic imine (C=N–C) groups is 4. The predicted molar refractivity (Wildman–Crippen MR) is 69.3 cm³/mol. The first-order chi connectivity index (χ1) is 9.55. The van der Waals surface area contributed by atoms with Crippen molar-refractivity contribution in [3.05, 3.63) is 0 Å². The summed E-state index contributed by atoms with van der Waals surface area (Å²) in [6.07, 6.45) is -2.34. The van der Waals surface area contributed by atoms with Crippen molar-refractivity contribution in [1.29, 1.82) is 0 Å². The first-order valence-electron chi connectivity index (χ1n) is 5.77. The lowest BCUT2D eigenvalue weighted by Crippen LogP contribution is -2.41. The van der Waals surface area contributed by atoms with Gasteiger partial charge in [-0.3, -0.25) is 0 Å². The van der Waals surface area contributed by atoms with E-state index in [9.17, 15) is 10.2 Å². The number of fused-ring (bicyclic) bond motifs is 1. The molecule has 0 spiro atoms. The Morgan fingerprint density at radius 1 is 1.25 bits per heavy atom. The van der Waals surface area contributed by atoms with Gasteiger partial charge in [0.05, 0.1) is 6.61 Å². The quantitative estimate of drug-likeness (QED) is 0.412. The van der Waals surface area contributed by atoms with Gasteiger partial charge in [-0.1, -0.05) is 11.6 Å². The van der Waals surface area contributed by atoms with Crippen LogP contribution in [0.1, 0.15) is 0 Å². The van der Waals surface area contributed by atoms with Crippen molar-refractivity contribution in [2.45, 2.75) is 29.7 Å². The second-order valence-electron chi connectivity index (χ2n) is 4.31. The molecule has 3 N–H and O–H groups in total. The zero-order chi connectivity index (χ0) is 14.3. The zero-order valence-corrected chi connectivity index (χ0v) is 10.8. The molecule has 3 aliphatic rings. The Morgan fingerprint density at radius 2 is 1.95 bits per heavy atom. The van der Waals surface area contributed by atoms with Crippen LogP contribution in [0.15, 0.2) is 20.0 Å². The molecule has 0 aromatic rings. The monoisotopic (exact) mass is 302 g/mol. The van der Waals surface area contributed by atoms with E-state index >= 15 is 0 Å². The van der Waals surface area contributed by atoms with Crippen LogP contribution in [0.3, 0.4) is 0 Å². The molecule has 0 aliphatic carbocycles. The molecule has 9 nitrogen and oxygen atoms in total. The maximum atomic E-state index is 9.79. The number of hydrogen-bond donors (Lipinski definition) is 3. The van der Waals surface area contributed by atoms with Gasteiger partial charge in [-0.05, 0) is 0 Å². The molecule has 3 aliphatic heterocycles. The summed E-state index contributed by atoms with van der Waals surface area (Å²) in [6.45, 7) is -0.449. The minimum Gasteiger partial charge on any atom is -0.443 e. The highest BCUT2D eigenvalue weighted by Crippen LogP contribution is 2.29. The number of halogens is 1. The highest BCUT2D eigenvalue weighted by atomic mass is 35.5. The molecule has 0 bridgehead atoms. The van der Waals surface area contributed by atoms with E-state index in [1.807, 2.05) is 0 Å². The van der Waals surface area contributed by atoms with Crippen LogP contribution in [0.2, 0.25) is 0 Å². The van der Waals surface area contributed by atoms with Crippen molar-refractivity contribution >= 4 is 35.9 Å². The minimum absolute atomic E-state index is 0.0117. The summed E-state index contributed by atoms with van der Waals surface area (Å²) in [5, 5.41) is 27.0. The highest BCUT2D eigenvalue weighted by Gasteiger charge is 2.47.